The van der Waals surface area contributed by atoms with E-state index in [0.717, 1.165) is 19.5 Å². The average Bonchev–Trinajstić information content (AvgIpc) is 2.50. The van der Waals surface area contributed by atoms with Crippen molar-refractivity contribution in [2.75, 3.05) is 6.54 Å². The summed E-state index contributed by atoms with van der Waals surface area (Å²) in [7, 11) is 0. The van der Waals surface area contributed by atoms with Gasteiger partial charge in [-0.15, -0.1) is 11.3 Å². The van der Waals surface area contributed by atoms with Gasteiger partial charge < -0.3 is 11.1 Å². The predicted octanol–water partition coefficient (Wildman–Crippen LogP) is 2.97. The number of thiophene rings is 1. The van der Waals surface area contributed by atoms with E-state index in [1.54, 1.807) is 11.3 Å². The zero-order chi connectivity index (χ0) is 11.3. The molecular weight excluding hydrogens is 272 g/mol. The number of nitrogens with two attached hydrogens (primary N) is 1. The van der Waals surface area contributed by atoms with E-state index in [4.69, 9.17) is 5.73 Å². The topological polar surface area (TPSA) is 38.0 Å². The van der Waals surface area contributed by atoms with Crippen LogP contribution in [-0.4, -0.2) is 12.6 Å². The van der Waals surface area contributed by atoms with E-state index in [9.17, 15) is 0 Å². The molecule has 0 aliphatic carbocycles. The molecule has 1 aromatic heterocycles. The summed E-state index contributed by atoms with van der Waals surface area (Å²) >= 11 is 5.28. The Morgan fingerprint density at radius 2 is 2.27 bits per heavy atom. The molecule has 0 bridgehead atoms. The molecule has 0 radical (unpaired) electrons. The quantitative estimate of drug-likeness (QED) is 0.845. The lowest BCUT2D eigenvalue weighted by Gasteiger charge is -2.14. The van der Waals surface area contributed by atoms with Crippen LogP contribution in [0, 0.1) is 5.92 Å². The summed E-state index contributed by atoms with van der Waals surface area (Å²) in [5.41, 5.74) is 5.98. The zero-order valence-electron chi connectivity index (χ0n) is 9.29. The molecule has 0 aliphatic heterocycles. The summed E-state index contributed by atoms with van der Waals surface area (Å²) in [6.45, 7) is 6.21. The van der Waals surface area contributed by atoms with Gasteiger partial charge >= 0.3 is 0 Å². The van der Waals surface area contributed by atoms with Gasteiger partial charge in [0.2, 0.25) is 0 Å². The van der Waals surface area contributed by atoms with Crippen molar-refractivity contribution in [3.63, 3.8) is 0 Å². The molecule has 1 aromatic rings. The summed E-state index contributed by atoms with van der Waals surface area (Å²) in [4.78, 5) is 1.34. The van der Waals surface area contributed by atoms with Crippen LogP contribution in [0.5, 0.6) is 0 Å². The van der Waals surface area contributed by atoms with E-state index in [0.29, 0.717) is 5.92 Å². The van der Waals surface area contributed by atoms with E-state index in [1.165, 1.54) is 9.35 Å². The van der Waals surface area contributed by atoms with Gasteiger partial charge in [0.15, 0.2) is 0 Å². The third kappa shape index (κ3) is 5.11. The maximum atomic E-state index is 5.98. The number of nitrogens with one attached hydrogen (secondary N) is 1. The predicted molar refractivity (Wildman–Crippen MR) is 71.2 cm³/mol. The molecule has 0 fully saturated rings. The largest absolute Gasteiger partial charge is 0.327 e. The van der Waals surface area contributed by atoms with E-state index >= 15 is 0 Å². The zero-order valence-corrected chi connectivity index (χ0v) is 11.7. The van der Waals surface area contributed by atoms with Crippen molar-refractivity contribution in [2.24, 2.45) is 11.7 Å². The molecule has 0 aliphatic rings. The van der Waals surface area contributed by atoms with Crippen molar-refractivity contribution in [3.05, 3.63) is 20.8 Å². The first kappa shape index (κ1) is 13.2. The van der Waals surface area contributed by atoms with Crippen molar-refractivity contribution in [1.82, 2.24) is 5.32 Å². The minimum Gasteiger partial charge on any atom is -0.327 e. The first-order valence-corrected chi connectivity index (χ1v) is 6.95. The monoisotopic (exact) mass is 290 g/mol. The normalized spacial score (nSPS) is 13.4. The van der Waals surface area contributed by atoms with Gasteiger partial charge in [-0.25, -0.2) is 0 Å². The highest BCUT2D eigenvalue weighted by molar-refractivity contribution is 9.10. The van der Waals surface area contributed by atoms with Crippen LogP contribution in [-0.2, 0) is 6.54 Å². The van der Waals surface area contributed by atoms with Gasteiger partial charge in [-0.2, -0.15) is 0 Å². The fourth-order valence-electron chi connectivity index (χ4n) is 1.51. The Morgan fingerprint density at radius 3 is 2.80 bits per heavy atom. The Balaban J connectivity index is 2.19. The van der Waals surface area contributed by atoms with E-state index in [1.807, 2.05) is 0 Å². The van der Waals surface area contributed by atoms with Crippen molar-refractivity contribution >= 4 is 27.3 Å². The van der Waals surface area contributed by atoms with E-state index < -0.39 is 0 Å². The van der Waals surface area contributed by atoms with Gasteiger partial charge in [-0.1, -0.05) is 13.8 Å². The molecule has 2 nitrogen and oxygen atoms in total. The Kier molecular flexibility index (Phi) is 5.82. The van der Waals surface area contributed by atoms with Crippen LogP contribution in [0.1, 0.15) is 25.1 Å². The molecule has 86 valence electrons. The van der Waals surface area contributed by atoms with E-state index in [-0.39, 0.29) is 6.04 Å². The molecule has 4 heteroatoms. The van der Waals surface area contributed by atoms with Gasteiger partial charge in [0.25, 0.3) is 0 Å². The minimum atomic E-state index is 0.267. The Morgan fingerprint density at radius 1 is 1.53 bits per heavy atom. The molecule has 1 unspecified atom stereocenters. The molecule has 1 rings (SSSR count). The Hall–Kier alpha value is 0.100. The Bertz CT molecular complexity index is 286. The van der Waals surface area contributed by atoms with Crippen LogP contribution in [0.2, 0.25) is 0 Å². The second-order valence-corrected chi connectivity index (χ2v) is 6.07. The molecule has 0 aromatic carbocycles. The maximum absolute atomic E-state index is 5.98. The minimum absolute atomic E-state index is 0.267. The summed E-state index contributed by atoms with van der Waals surface area (Å²) in [5.74, 6) is 0.676. The number of halogens is 1. The SMILES string of the molecule is CC(C)CC(N)CNCc1sccc1Br. The summed E-state index contributed by atoms with van der Waals surface area (Å²) in [5, 5.41) is 5.48. The molecule has 1 atom stereocenters. The molecule has 1 heterocycles. The van der Waals surface area contributed by atoms with Crippen molar-refractivity contribution in [3.8, 4) is 0 Å². The Labute approximate surface area is 104 Å². The lowest BCUT2D eigenvalue weighted by molar-refractivity contribution is 0.468. The van der Waals surface area contributed by atoms with Crippen molar-refractivity contribution in [1.29, 1.82) is 0 Å². The third-order valence-electron chi connectivity index (χ3n) is 2.16. The highest BCUT2D eigenvalue weighted by atomic mass is 79.9. The van der Waals surface area contributed by atoms with Gasteiger partial charge in [0.1, 0.15) is 0 Å². The molecule has 0 spiro atoms. The third-order valence-corrected chi connectivity index (χ3v) is 4.08. The van der Waals surface area contributed by atoms with Crippen LogP contribution in [0.15, 0.2) is 15.9 Å². The lowest BCUT2D eigenvalue weighted by Crippen LogP contribution is -2.34. The lowest BCUT2D eigenvalue weighted by atomic mass is 10.0. The summed E-state index contributed by atoms with van der Waals surface area (Å²) in [6.07, 6.45) is 1.08. The van der Waals surface area contributed by atoms with Crippen LogP contribution in [0.4, 0.5) is 0 Å². The second-order valence-electron chi connectivity index (χ2n) is 4.21. The van der Waals surface area contributed by atoms with Gasteiger partial charge in [-0.3, -0.25) is 0 Å². The first-order chi connectivity index (χ1) is 7.09. The summed E-state index contributed by atoms with van der Waals surface area (Å²) in [6, 6.07) is 2.35. The second kappa shape index (κ2) is 6.63. The van der Waals surface area contributed by atoms with Gasteiger partial charge in [-0.05, 0) is 39.7 Å². The molecule has 0 saturated heterocycles. The van der Waals surface area contributed by atoms with E-state index in [2.05, 4.69) is 46.5 Å². The van der Waals surface area contributed by atoms with Crippen molar-refractivity contribution in [2.45, 2.75) is 32.9 Å². The standard InChI is InChI=1S/C11H19BrN2S/c1-8(2)5-9(13)6-14-7-11-10(12)3-4-15-11/h3-4,8-9,14H,5-7,13H2,1-2H3. The molecule has 0 saturated carbocycles. The van der Waals surface area contributed by atoms with Crippen molar-refractivity contribution < 1.29 is 0 Å². The smallest absolute Gasteiger partial charge is 0.0327 e. The number of hydrogen-bond acceptors (Lipinski definition) is 3. The highest BCUT2D eigenvalue weighted by Gasteiger charge is 2.06. The van der Waals surface area contributed by atoms with Gasteiger partial charge in [0, 0.05) is 28.5 Å². The van der Waals surface area contributed by atoms with Crippen LogP contribution in [0.25, 0.3) is 0 Å². The van der Waals surface area contributed by atoms with Crippen LogP contribution >= 0.6 is 27.3 Å². The fraction of sp³-hybridized carbons (Fsp3) is 0.636. The average molecular weight is 291 g/mol. The maximum Gasteiger partial charge on any atom is 0.0327 e. The molecular formula is C11H19BrN2S. The number of hydrogen-bond donors (Lipinski definition) is 2. The molecule has 3 N–H and O–H groups in total. The highest BCUT2D eigenvalue weighted by Crippen LogP contribution is 2.22. The molecule has 0 amide bonds. The first-order valence-electron chi connectivity index (χ1n) is 5.27. The molecule has 15 heavy (non-hydrogen) atoms. The number of rotatable bonds is 6. The van der Waals surface area contributed by atoms with Gasteiger partial charge in [0.05, 0.1) is 0 Å². The summed E-state index contributed by atoms with van der Waals surface area (Å²) < 4.78 is 1.19. The fourth-order valence-corrected chi connectivity index (χ4v) is 2.97. The van der Waals surface area contributed by atoms with Crippen LogP contribution < -0.4 is 11.1 Å². The van der Waals surface area contributed by atoms with Crippen LogP contribution in [0.3, 0.4) is 0 Å².